The number of sulfonamides is 1. The van der Waals surface area contributed by atoms with E-state index in [0.717, 1.165) is 24.8 Å². The third-order valence-corrected chi connectivity index (χ3v) is 5.73. The minimum Gasteiger partial charge on any atom is -0.301 e. The Morgan fingerprint density at radius 3 is 2.64 bits per heavy atom. The number of carbonyl (C=O) groups excluding carboxylic acids is 1. The van der Waals surface area contributed by atoms with Crippen molar-refractivity contribution >= 4 is 32.4 Å². The summed E-state index contributed by atoms with van der Waals surface area (Å²) in [7, 11) is -3.37. The van der Waals surface area contributed by atoms with Gasteiger partial charge in [0, 0.05) is 17.3 Å². The highest BCUT2D eigenvalue weighted by atomic mass is 32.2. The van der Waals surface area contributed by atoms with E-state index in [-0.39, 0.29) is 11.3 Å². The number of hydrogen-bond acceptors (Lipinski definition) is 5. The van der Waals surface area contributed by atoms with Crippen LogP contribution in [0, 0.1) is 0 Å². The summed E-state index contributed by atoms with van der Waals surface area (Å²) in [6, 6.07) is -0.634. The molecule has 2 heterocycles. The van der Waals surface area contributed by atoms with E-state index in [1.807, 2.05) is 5.38 Å². The molecule has 0 unspecified atom stereocenters. The third-order valence-electron chi connectivity index (χ3n) is 3.69. The van der Waals surface area contributed by atoms with Crippen LogP contribution in [0.25, 0.3) is 0 Å². The van der Waals surface area contributed by atoms with E-state index in [1.165, 1.54) is 15.6 Å². The van der Waals surface area contributed by atoms with Crippen LogP contribution in [-0.4, -0.2) is 42.5 Å². The van der Waals surface area contributed by atoms with Crippen LogP contribution in [0.15, 0.2) is 5.38 Å². The van der Waals surface area contributed by atoms with Crippen molar-refractivity contribution in [3.05, 3.63) is 11.1 Å². The topological polar surface area (TPSA) is 79.4 Å². The molecule has 8 heteroatoms. The Bertz CT molecular complexity index is 647. The normalized spacial score (nSPS) is 20.8. The largest absolute Gasteiger partial charge is 0.301 e. The van der Waals surface area contributed by atoms with Crippen molar-refractivity contribution in [3.8, 4) is 0 Å². The summed E-state index contributed by atoms with van der Waals surface area (Å²) < 4.78 is 24.9. The van der Waals surface area contributed by atoms with Gasteiger partial charge < -0.3 is 5.32 Å². The van der Waals surface area contributed by atoms with Gasteiger partial charge in [-0.15, -0.1) is 11.3 Å². The van der Waals surface area contributed by atoms with Gasteiger partial charge in [-0.2, -0.15) is 4.31 Å². The quantitative estimate of drug-likeness (QED) is 0.911. The second-order valence-corrected chi connectivity index (χ2v) is 9.46. The number of nitrogens with zero attached hydrogens (tertiary/aromatic N) is 2. The van der Waals surface area contributed by atoms with E-state index in [4.69, 9.17) is 0 Å². The lowest BCUT2D eigenvalue weighted by atomic mass is 9.93. The smallest absolute Gasteiger partial charge is 0.244 e. The fourth-order valence-corrected chi connectivity index (χ4v) is 4.49. The molecule has 2 rings (SSSR count). The zero-order valence-electron chi connectivity index (χ0n) is 13.4. The number of carbonyl (C=O) groups is 1. The molecule has 22 heavy (non-hydrogen) atoms. The molecule has 1 atom stereocenters. The zero-order valence-corrected chi connectivity index (χ0v) is 15.1. The van der Waals surface area contributed by atoms with Crippen molar-refractivity contribution in [2.75, 3.05) is 18.1 Å². The Morgan fingerprint density at radius 2 is 2.09 bits per heavy atom. The molecule has 1 fully saturated rings. The van der Waals surface area contributed by atoms with Gasteiger partial charge in [-0.1, -0.05) is 27.2 Å². The SMILES string of the molecule is CC(C)(C)c1csc(NC(=O)[C@H]2CCCCN2S(C)(=O)=O)n1. The van der Waals surface area contributed by atoms with E-state index in [0.29, 0.717) is 18.1 Å². The van der Waals surface area contributed by atoms with Gasteiger partial charge in [0.2, 0.25) is 15.9 Å². The van der Waals surface area contributed by atoms with Crippen LogP contribution in [0.1, 0.15) is 45.7 Å². The molecule has 1 aromatic heterocycles. The number of rotatable bonds is 3. The number of thiazole rings is 1. The zero-order chi connectivity index (χ0) is 16.5. The van der Waals surface area contributed by atoms with Crippen molar-refractivity contribution in [3.63, 3.8) is 0 Å². The standard InChI is InChI=1S/C14H23N3O3S2/c1-14(2,3)11-9-21-13(15-11)16-12(18)10-7-5-6-8-17(10)22(4,19)20/h9-10H,5-8H2,1-4H3,(H,15,16,18)/t10-/m1/s1. The molecule has 1 amide bonds. The highest BCUT2D eigenvalue weighted by Gasteiger charge is 2.34. The average Bonchev–Trinajstić information content (AvgIpc) is 2.86. The molecular formula is C14H23N3O3S2. The van der Waals surface area contributed by atoms with Gasteiger partial charge in [0.05, 0.1) is 11.9 Å². The number of hydrogen-bond donors (Lipinski definition) is 1. The Morgan fingerprint density at radius 1 is 1.41 bits per heavy atom. The first-order valence-electron chi connectivity index (χ1n) is 7.33. The first kappa shape index (κ1) is 17.4. The minimum absolute atomic E-state index is 0.0802. The summed E-state index contributed by atoms with van der Waals surface area (Å²) in [5.41, 5.74) is 0.833. The fraction of sp³-hybridized carbons (Fsp3) is 0.714. The molecular weight excluding hydrogens is 322 g/mol. The van der Waals surface area contributed by atoms with Gasteiger partial charge in [-0.25, -0.2) is 13.4 Å². The summed E-state index contributed by atoms with van der Waals surface area (Å²) in [6.07, 6.45) is 3.35. The summed E-state index contributed by atoms with van der Waals surface area (Å²) >= 11 is 1.37. The van der Waals surface area contributed by atoms with Crippen LogP contribution >= 0.6 is 11.3 Å². The van der Waals surface area contributed by atoms with E-state index < -0.39 is 16.1 Å². The maximum Gasteiger partial charge on any atom is 0.244 e. The molecule has 124 valence electrons. The Hall–Kier alpha value is -0.990. The van der Waals surface area contributed by atoms with Gasteiger partial charge in [-0.05, 0) is 12.8 Å². The highest BCUT2D eigenvalue weighted by Crippen LogP contribution is 2.27. The summed E-state index contributed by atoms with van der Waals surface area (Å²) in [6.45, 7) is 6.57. The lowest BCUT2D eigenvalue weighted by molar-refractivity contribution is -0.120. The number of piperidine rings is 1. The lowest BCUT2D eigenvalue weighted by Gasteiger charge is -2.32. The number of aromatic nitrogens is 1. The third kappa shape index (κ3) is 4.05. The Balaban J connectivity index is 2.12. The minimum atomic E-state index is -3.37. The van der Waals surface area contributed by atoms with Crippen LogP contribution in [0.2, 0.25) is 0 Å². The van der Waals surface area contributed by atoms with Gasteiger partial charge in [0.1, 0.15) is 6.04 Å². The lowest BCUT2D eigenvalue weighted by Crippen LogP contribution is -2.49. The second-order valence-electron chi connectivity index (χ2n) is 6.66. The Labute approximate surface area is 136 Å². The van der Waals surface area contributed by atoms with Crippen LogP contribution in [-0.2, 0) is 20.2 Å². The molecule has 1 aliphatic rings. The molecule has 0 saturated carbocycles. The van der Waals surface area contributed by atoms with Crippen LogP contribution in [0.4, 0.5) is 5.13 Å². The van der Waals surface area contributed by atoms with Crippen LogP contribution in [0.3, 0.4) is 0 Å². The van der Waals surface area contributed by atoms with Crippen molar-refractivity contribution in [2.24, 2.45) is 0 Å². The van der Waals surface area contributed by atoms with E-state index in [2.05, 4.69) is 31.1 Å². The van der Waals surface area contributed by atoms with Crippen LogP contribution < -0.4 is 5.32 Å². The molecule has 0 aliphatic carbocycles. The molecule has 0 bridgehead atoms. The summed E-state index contributed by atoms with van der Waals surface area (Å²) in [4.78, 5) is 16.9. The molecule has 1 N–H and O–H groups in total. The van der Waals surface area contributed by atoms with Gasteiger partial charge in [0.15, 0.2) is 5.13 Å². The van der Waals surface area contributed by atoms with Gasteiger partial charge in [-0.3, -0.25) is 4.79 Å². The van der Waals surface area contributed by atoms with Crippen molar-refractivity contribution in [1.82, 2.24) is 9.29 Å². The molecule has 1 saturated heterocycles. The molecule has 1 aromatic rings. The van der Waals surface area contributed by atoms with E-state index in [9.17, 15) is 13.2 Å². The number of nitrogens with one attached hydrogen (secondary N) is 1. The summed E-state index contributed by atoms with van der Waals surface area (Å²) in [5, 5.41) is 5.21. The fourth-order valence-electron chi connectivity index (χ4n) is 2.43. The van der Waals surface area contributed by atoms with Crippen LogP contribution in [0.5, 0.6) is 0 Å². The molecule has 0 radical (unpaired) electrons. The maximum absolute atomic E-state index is 12.4. The number of amides is 1. The molecule has 6 nitrogen and oxygen atoms in total. The van der Waals surface area contributed by atoms with Crippen molar-refractivity contribution in [2.45, 2.75) is 51.5 Å². The van der Waals surface area contributed by atoms with Crippen molar-refractivity contribution in [1.29, 1.82) is 0 Å². The predicted molar refractivity (Wildman–Crippen MR) is 88.6 cm³/mol. The monoisotopic (exact) mass is 345 g/mol. The van der Waals surface area contributed by atoms with E-state index >= 15 is 0 Å². The molecule has 1 aliphatic heterocycles. The molecule has 0 spiro atoms. The van der Waals surface area contributed by atoms with Crippen molar-refractivity contribution < 1.29 is 13.2 Å². The summed E-state index contributed by atoms with van der Waals surface area (Å²) in [5.74, 6) is -0.292. The predicted octanol–water partition coefficient (Wildman–Crippen LogP) is 2.19. The first-order chi connectivity index (χ1) is 10.1. The average molecular weight is 345 g/mol. The van der Waals surface area contributed by atoms with Gasteiger partial charge in [0.25, 0.3) is 0 Å². The number of anilines is 1. The maximum atomic E-state index is 12.4. The first-order valence-corrected chi connectivity index (χ1v) is 10.1. The molecule has 0 aromatic carbocycles. The van der Waals surface area contributed by atoms with E-state index in [1.54, 1.807) is 0 Å². The van der Waals surface area contributed by atoms with Gasteiger partial charge >= 0.3 is 0 Å². The highest BCUT2D eigenvalue weighted by molar-refractivity contribution is 7.88. The second kappa shape index (κ2) is 6.25. The Kier molecular flexibility index (Phi) is 4.93.